The number of ether oxygens (including phenoxy) is 1. The van der Waals surface area contributed by atoms with Crippen LogP contribution in [0.15, 0.2) is 0 Å². The van der Waals surface area contributed by atoms with Gasteiger partial charge in [-0.05, 0) is 71.4 Å². The minimum absolute atomic E-state index is 0.0950. The fraction of sp³-hybridized carbons (Fsp3) is 1.00. The molecular formula is C18H33NO2. The van der Waals surface area contributed by atoms with Crippen LogP contribution in [0, 0.1) is 5.92 Å². The summed E-state index contributed by atoms with van der Waals surface area (Å²) in [7, 11) is 0. The highest BCUT2D eigenvalue weighted by molar-refractivity contribution is 4.99. The van der Waals surface area contributed by atoms with E-state index in [-0.39, 0.29) is 17.2 Å². The topological polar surface area (TPSA) is 32.7 Å². The maximum atomic E-state index is 11.1. The molecule has 0 radical (unpaired) electrons. The third kappa shape index (κ3) is 3.16. The fourth-order valence-corrected chi connectivity index (χ4v) is 4.94. The van der Waals surface area contributed by atoms with Gasteiger partial charge in [-0.3, -0.25) is 4.90 Å². The van der Waals surface area contributed by atoms with Crippen molar-refractivity contribution in [1.82, 2.24) is 4.90 Å². The third-order valence-electron chi connectivity index (χ3n) is 6.39. The van der Waals surface area contributed by atoms with Crippen molar-refractivity contribution in [3.8, 4) is 0 Å². The van der Waals surface area contributed by atoms with Crippen molar-refractivity contribution in [3.63, 3.8) is 0 Å². The average molecular weight is 295 g/mol. The van der Waals surface area contributed by atoms with Gasteiger partial charge in [-0.15, -0.1) is 0 Å². The number of piperidine rings is 1. The summed E-state index contributed by atoms with van der Waals surface area (Å²) in [5, 5.41) is 11.1. The Morgan fingerprint density at radius 3 is 2.43 bits per heavy atom. The molecule has 3 fully saturated rings. The van der Waals surface area contributed by atoms with Crippen molar-refractivity contribution >= 4 is 0 Å². The number of likely N-dealkylation sites (tertiary alicyclic amines) is 1. The summed E-state index contributed by atoms with van der Waals surface area (Å²) in [6.45, 7) is 7.65. The van der Waals surface area contributed by atoms with Crippen LogP contribution in [0.2, 0.25) is 0 Å². The highest BCUT2D eigenvalue weighted by Gasteiger charge is 2.46. The summed E-state index contributed by atoms with van der Waals surface area (Å²) < 4.78 is 6.14. The fourth-order valence-electron chi connectivity index (χ4n) is 4.94. The maximum absolute atomic E-state index is 11.1. The summed E-state index contributed by atoms with van der Waals surface area (Å²) in [4.78, 5) is 2.53. The normalized spacial score (nSPS) is 32.4. The molecule has 3 rings (SSSR count). The minimum Gasteiger partial charge on any atom is -0.391 e. The highest BCUT2D eigenvalue weighted by atomic mass is 16.5. The van der Waals surface area contributed by atoms with Gasteiger partial charge in [0.15, 0.2) is 0 Å². The first-order chi connectivity index (χ1) is 10.0. The molecule has 3 nitrogen and oxygen atoms in total. The molecule has 2 heterocycles. The molecule has 3 aliphatic rings. The Morgan fingerprint density at radius 2 is 1.76 bits per heavy atom. The summed E-state index contributed by atoms with van der Waals surface area (Å²) in [6, 6.07) is 0. The number of aliphatic hydroxyl groups is 1. The van der Waals surface area contributed by atoms with Crippen molar-refractivity contribution in [2.24, 2.45) is 5.92 Å². The first-order valence-electron chi connectivity index (χ1n) is 9.11. The van der Waals surface area contributed by atoms with Gasteiger partial charge in [-0.1, -0.05) is 19.3 Å². The van der Waals surface area contributed by atoms with Gasteiger partial charge in [0.25, 0.3) is 0 Å². The highest BCUT2D eigenvalue weighted by Crippen LogP contribution is 2.44. The Hall–Kier alpha value is -0.120. The molecular weight excluding hydrogens is 262 g/mol. The van der Waals surface area contributed by atoms with E-state index in [4.69, 9.17) is 4.74 Å². The molecule has 2 unspecified atom stereocenters. The van der Waals surface area contributed by atoms with E-state index in [9.17, 15) is 5.11 Å². The van der Waals surface area contributed by atoms with Crippen molar-refractivity contribution in [2.75, 3.05) is 19.7 Å². The Bertz CT molecular complexity index is 343. The van der Waals surface area contributed by atoms with Gasteiger partial charge < -0.3 is 9.84 Å². The van der Waals surface area contributed by atoms with Gasteiger partial charge in [0.1, 0.15) is 0 Å². The van der Waals surface area contributed by atoms with E-state index in [2.05, 4.69) is 18.7 Å². The van der Waals surface area contributed by atoms with E-state index in [1.165, 1.54) is 44.9 Å². The number of aliphatic hydroxyl groups excluding tert-OH is 1. The second-order valence-electron chi connectivity index (χ2n) is 8.14. The average Bonchev–Trinajstić information content (AvgIpc) is 2.95. The van der Waals surface area contributed by atoms with E-state index in [1.807, 2.05) is 0 Å². The van der Waals surface area contributed by atoms with E-state index in [0.717, 1.165) is 32.5 Å². The van der Waals surface area contributed by atoms with E-state index >= 15 is 0 Å². The molecule has 21 heavy (non-hydrogen) atoms. The molecule has 0 aromatic carbocycles. The predicted octanol–water partition coefficient (Wildman–Crippen LogP) is 3.35. The van der Waals surface area contributed by atoms with Crippen LogP contribution in [0.25, 0.3) is 0 Å². The predicted molar refractivity (Wildman–Crippen MR) is 85.4 cm³/mol. The molecule has 3 heteroatoms. The monoisotopic (exact) mass is 295 g/mol. The minimum atomic E-state index is -0.225. The third-order valence-corrected chi connectivity index (χ3v) is 6.39. The van der Waals surface area contributed by atoms with Crippen LogP contribution in [0.3, 0.4) is 0 Å². The van der Waals surface area contributed by atoms with Gasteiger partial charge in [0.2, 0.25) is 0 Å². The lowest BCUT2D eigenvalue weighted by Gasteiger charge is -2.49. The van der Waals surface area contributed by atoms with Crippen LogP contribution < -0.4 is 0 Å². The number of hydrogen-bond donors (Lipinski definition) is 1. The maximum Gasteiger partial charge on any atom is 0.0748 e. The molecule has 0 amide bonds. The van der Waals surface area contributed by atoms with E-state index in [1.54, 1.807) is 0 Å². The van der Waals surface area contributed by atoms with Gasteiger partial charge >= 0.3 is 0 Å². The lowest BCUT2D eigenvalue weighted by atomic mass is 9.75. The lowest BCUT2D eigenvalue weighted by Crippen LogP contribution is -2.58. The molecule has 0 aromatic rings. The number of nitrogens with zero attached hydrogens (tertiary/aromatic N) is 1. The number of rotatable bonds is 3. The Morgan fingerprint density at radius 1 is 1.10 bits per heavy atom. The standard InChI is InChI=1S/C18H33NO2/c1-17(2,19-11-6-3-7-12-19)16(20)15-8-13-21-18(14-15)9-4-5-10-18/h15-16,20H,3-14H2,1-2H3. The summed E-state index contributed by atoms with van der Waals surface area (Å²) in [5.41, 5.74) is 0.0180. The quantitative estimate of drug-likeness (QED) is 0.866. The molecule has 2 aliphatic heterocycles. The van der Waals surface area contributed by atoms with Gasteiger partial charge in [0.05, 0.1) is 11.7 Å². The van der Waals surface area contributed by atoms with Crippen molar-refractivity contribution in [1.29, 1.82) is 0 Å². The second-order valence-corrected chi connectivity index (χ2v) is 8.14. The Balaban J connectivity index is 1.66. The van der Waals surface area contributed by atoms with Crippen molar-refractivity contribution in [3.05, 3.63) is 0 Å². The summed E-state index contributed by atoms with van der Waals surface area (Å²) in [6.07, 6.45) is 10.8. The smallest absolute Gasteiger partial charge is 0.0748 e. The zero-order valence-corrected chi connectivity index (χ0v) is 13.9. The van der Waals surface area contributed by atoms with Gasteiger partial charge in [0, 0.05) is 12.1 Å². The SMILES string of the molecule is CC(C)(C(O)C1CCOC2(CCCC2)C1)N1CCCCC1. The largest absolute Gasteiger partial charge is 0.391 e. The second kappa shape index (κ2) is 6.17. The molecule has 1 N–H and O–H groups in total. The molecule has 1 saturated carbocycles. The first-order valence-corrected chi connectivity index (χ1v) is 9.11. The van der Waals surface area contributed by atoms with E-state index in [0.29, 0.717) is 5.92 Å². The van der Waals surface area contributed by atoms with Crippen LogP contribution in [0.5, 0.6) is 0 Å². The zero-order valence-electron chi connectivity index (χ0n) is 13.9. The molecule has 122 valence electrons. The summed E-state index contributed by atoms with van der Waals surface area (Å²) in [5.74, 6) is 0.411. The van der Waals surface area contributed by atoms with Crippen molar-refractivity contribution in [2.45, 2.75) is 88.9 Å². The van der Waals surface area contributed by atoms with Crippen LogP contribution in [0.4, 0.5) is 0 Å². The number of hydrogen-bond acceptors (Lipinski definition) is 3. The molecule has 2 saturated heterocycles. The molecule has 1 aliphatic carbocycles. The van der Waals surface area contributed by atoms with Crippen LogP contribution in [-0.2, 0) is 4.74 Å². The molecule has 2 atom stereocenters. The zero-order chi connectivity index (χ0) is 14.9. The lowest BCUT2D eigenvalue weighted by molar-refractivity contribution is -0.135. The van der Waals surface area contributed by atoms with Crippen LogP contribution in [-0.4, -0.2) is 46.9 Å². The first kappa shape index (κ1) is 15.8. The molecule has 1 spiro atoms. The molecule has 0 aromatic heterocycles. The Labute approximate surface area is 130 Å². The van der Waals surface area contributed by atoms with E-state index < -0.39 is 0 Å². The molecule has 0 bridgehead atoms. The van der Waals surface area contributed by atoms with Crippen LogP contribution in [0.1, 0.15) is 71.6 Å². The van der Waals surface area contributed by atoms with Crippen molar-refractivity contribution < 1.29 is 9.84 Å². The Kier molecular flexibility index (Phi) is 4.63. The van der Waals surface area contributed by atoms with Crippen LogP contribution >= 0.6 is 0 Å². The van der Waals surface area contributed by atoms with Gasteiger partial charge in [-0.25, -0.2) is 0 Å². The van der Waals surface area contributed by atoms with Gasteiger partial charge in [-0.2, -0.15) is 0 Å². The summed E-state index contributed by atoms with van der Waals surface area (Å²) >= 11 is 0.